The molecule has 1 aliphatic carbocycles. The SMILES string of the molecule is Cl.NC1CCCC(NC(=O)c2ccn[nH]2)C1. The highest BCUT2D eigenvalue weighted by molar-refractivity contribution is 5.92. The van der Waals surface area contributed by atoms with E-state index in [9.17, 15) is 4.79 Å². The summed E-state index contributed by atoms with van der Waals surface area (Å²) in [5.74, 6) is -0.0911. The first-order chi connectivity index (χ1) is 7.25. The third-order valence-electron chi connectivity index (χ3n) is 2.80. The molecule has 6 heteroatoms. The van der Waals surface area contributed by atoms with Crippen LogP contribution in [-0.2, 0) is 0 Å². The van der Waals surface area contributed by atoms with Crippen LogP contribution >= 0.6 is 12.4 Å². The van der Waals surface area contributed by atoms with Crippen molar-refractivity contribution in [3.05, 3.63) is 18.0 Å². The minimum atomic E-state index is -0.0911. The minimum absolute atomic E-state index is 0. The highest BCUT2D eigenvalue weighted by Crippen LogP contribution is 2.17. The van der Waals surface area contributed by atoms with Crippen molar-refractivity contribution in [1.82, 2.24) is 15.5 Å². The number of carbonyl (C=O) groups is 1. The molecule has 1 heterocycles. The molecule has 0 aromatic carbocycles. The number of nitrogens with one attached hydrogen (secondary N) is 2. The summed E-state index contributed by atoms with van der Waals surface area (Å²) in [5, 5.41) is 9.35. The van der Waals surface area contributed by atoms with Gasteiger partial charge in [0.05, 0.1) is 0 Å². The molecule has 1 fully saturated rings. The third-order valence-corrected chi connectivity index (χ3v) is 2.80. The van der Waals surface area contributed by atoms with Gasteiger partial charge in [0.25, 0.3) is 5.91 Å². The molecule has 1 aromatic rings. The van der Waals surface area contributed by atoms with E-state index in [1.807, 2.05) is 0 Å². The highest BCUT2D eigenvalue weighted by atomic mass is 35.5. The Morgan fingerprint density at radius 3 is 3.00 bits per heavy atom. The van der Waals surface area contributed by atoms with Gasteiger partial charge in [-0.3, -0.25) is 9.89 Å². The number of aromatic nitrogens is 2. The number of hydrogen-bond acceptors (Lipinski definition) is 3. The fourth-order valence-corrected chi connectivity index (χ4v) is 2.00. The van der Waals surface area contributed by atoms with E-state index >= 15 is 0 Å². The van der Waals surface area contributed by atoms with Crippen LogP contribution in [0.5, 0.6) is 0 Å². The van der Waals surface area contributed by atoms with Gasteiger partial charge in [0.2, 0.25) is 0 Å². The van der Waals surface area contributed by atoms with E-state index in [-0.39, 0.29) is 30.4 Å². The molecule has 0 bridgehead atoms. The van der Waals surface area contributed by atoms with Gasteiger partial charge in [0.1, 0.15) is 5.69 Å². The van der Waals surface area contributed by atoms with Crippen molar-refractivity contribution in [3.63, 3.8) is 0 Å². The summed E-state index contributed by atoms with van der Waals surface area (Å²) in [7, 11) is 0. The second-order valence-electron chi connectivity index (χ2n) is 4.07. The zero-order valence-corrected chi connectivity index (χ0v) is 9.80. The van der Waals surface area contributed by atoms with Gasteiger partial charge in [-0.2, -0.15) is 5.10 Å². The number of halogens is 1. The van der Waals surface area contributed by atoms with Gasteiger partial charge >= 0.3 is 0 Å². The summed E-state index contributed by atoms with van der Waals surface area (Å²) in [6, 6.07) is 2.10. The Bertz CT molecular complexity index is 328. The predicted molar refractivity (Wildman–Crippen MR) is 63.5 cm³/mol. The number of rotatable bonds is 2. The molecule has 2 unspecified atom stereocenters. The predicted octanol–water partition coefficient (Wildman–Crippen LogP) is 0.831. The van der Waals surface area contributed by atoms with Gasteiger partial charge < -0.3 is 11.1 Å². The molecule has 90 valence electrons. The molecule has 0 saturated heterocycles. The molecule has 2 atom stereocenters. The molecular formula is C10H17ClN4O. The Morgan fingerprint density at radius 1 is 1.56 bits per heavy atom. The molecular weight excluding hydrogens is 228 g/mol. The lowest BCUT2D eigenvalue weighted by Gasteiger charge is -2.27. The van der Waals surface area contributed by atoms with Gasteiger partial charge in [-0.1, -0.05) is 0 Å². The van der Waals surface area contributed by atoms with Crippen molar-refractivity contribution in [2.45, 2.75) is 37.8 Å². The van der Waals surface area contributed by atoms with Crippen molar-refractivity contribution >= 4 is 18.3 Å². The number of aromatic amines is 1. The van der Waals surface area contributed by atoms with E-state index in [0.29, 0.717) is 5.69 Å². The quantitative estimate of drug-likeness (QED) is 0.721. The van der Waals surface area contributed by atoms with E-state index in [1.165, 1.54) is 0 Å². The summed E-state index contributed by atoms with van der Waals surface area (Å²) < 4.78 is 0. The number of H-pyrrole nitrogens is 1. The van der Waals surface area contributed by atoms with Crippen LogP contribution in [-0.4, -0.2) is 28.2 Å². The van der Waals surface area contributed by atoms with Crippen LogP contribution in [0.3, 0.4) is 0 Å². The van der Waals surface area contributed by atoms with Gasteiger partial charge in [-0.05, 0) is 31.7 Å². The van der Waals surface area contributed by atoms with Gasteiger partial charge in [0.15, 0.2) is 0 Å². The van der Waals surface area contributed by atoms with E-state index in [4.69, 9.17) is 5.73 Å². The molecule has 4 N–H and O–H groups in total. The molecule has 1 saturated carbocycles. The molecule has 1 aliphatic rings. The number of amides is 1. The Morgan fingerprint density at radius 2 is 2.38 bits per heavy atom. The third kappa shape index (κ3) is 3.21. The molecule has 16 heavy (non-hydrogen) atoms. The Kier molecular flexibility index (Phi) is 4.76. The number of nitrogens with two attached hydrogens (primary N) is 1. The minimum Gasteiger partial charge on any atom is -0.348 e. The standard InChI is InChI=1S/C10H16N4O.ClH/c11-7-2-1-3-8(6-7)13-10(15)9-4-5-12-14-9;/h4-5,7-8H,1-3,6,11H2,(H,12,14)(H,13,15);1H. The maximum absolute atomic E-state index is 11.7. The van der Waals surface area contributed by atoms with Crippen LogP contribution < -0.4 is 11.1 Å². The number of hydrogen-bond donors (Lipinski definition) is 3. The second kappa shape index (κ2) is 5.86. The normalized spacial score (nSPS) is 24.6. The van der Waals surface area contributed by atoms with Crippen LogP contribution in [0.25, 0.3) is 0 Å². The topological polar surface area (TPSA) is 83.8 Å². The van der Waals surface area contributed by atoms with Crippen LogP contribution in [0.4, 0.5) is 0 Å². The highest BCUT2D eigenvalue weighted by Gasteiger charge is 2.21. The summed E-state index contributed by atoms with van der Waals surface area (Å²) in [6.45, 7) is 0. The first-order valence-electron chi connectivity index (χ1n) is 5.31. The van der Waals surface area contributed by atoms with Crippen LogP contribution in [0, 0.1) is 0 Å². The van der Waals surface area contributed by atoms with E-state index in [1.54, 1.807) is 12.3 Å². The van der Waals surface area contributed by atoms with E-state index < -0.39 is 0 Å². The van der Waals surface area contributed by atoms with Crippen LogP contribution in [0.2, 0.25) is 0 Å². The number of carbonyl (C=O) groups excluding carboxylic acids is 1. The first kappa shape index (κ1) is 13.0. The molecule has 2 rings (SSSR count). The molecule has 5 nitrogen and oxygen atoms in total. The Labute approximate surface area is 101 Å². The van der Waals surface area contributed by atoms with Crippen LogP contribution in [0.15, 0.2) is 12.3 Å². The lowest BCUT2D eigenvalue weighted by Crippen LogP contribution is -2.42. The Hall–Kier alpha value is -1.07. The largest absolute Gasteiger partial charge is 0.348 e. The van der Waals surface area contributed by atoms with Crippen molar-refractivity contribution in [2.75, 3.05) is 0 Å². The van der Waals surface area contributed by atoms with Gasteiger partial charge in [0, 0.05) is 18.3 Å². The lowest BCUT2D eigenvalue weighted by molar-refractivity contribution is 0.0920. The monoisotopic (exact) mass is 244 g/mol. The maximum Gasteiger partial charge on any atom is 0.269 e. The fraction of sp³-hybridized carbons (Fsp3) is 0.600. The lowest BCUT2D eigenvalue weighted by atomic mass is 9.91. The molecule has 1 amide bonds. The van der Waals surface area contributed by atoms with E-state index in [2.05, 4.69) is 15.5 Å². The van der Waals surface area contributed by atoms with Crippen molar-refractivity contribution < 1.29 is 4.79 Å². The Balaban J connectivity index is 0.00000128. The summed E-state index contributed by atoms with van der Waals surface area (Å²) in [4.78, 5) is 11.7. The fourth-order valence-electron chi connectivity index (χ4n) is 2.00. The summed E-state index contributed by atoms with van der Waals surface area (Å²) >= 11 is 0. The molecule has 1 aromatic heterocycles. The van der Waals surface area contributed by atoms with Crippen molar-refractivity contribution in [2.24, 2.45) is 5.73 Å². The number of nitrogens with zero attached hydrogens (tertiary/aromatic N) is 1. The smallest absolute Gasteiger partial charge is 0.269 e. The van der Waals surface area contributed by atoms with Crippen molar-refractivity contribution in [1.29, 1.82) is 0 Å². The molecule has 0 aliphatic heterocycles. The van der Waals surface area contributed by atoms with Crippen molar-refractivity contribution in [3.8, 4) is 0 Å². The molecule has 0 spiro atoms. The first-order valence-corrected chi connectivity index (χ1v) is 5.31. The van der Waals surface area contributed by atoms with Gasteiger partial charge in [-0.15, -0.1) is 12.4 Å². The molecule has 0 radical (unpaired) electrons. The average Bonchev–Trinajstić information content (AvgIpc) is 2.70. The summed E-state index contributed by atoms with van der Waals surface area (Å²) in [5.41, 5.74) is 6.36. The summed E-state index contributed by atoms with van der Waals surface area (Å²) in [6.07, 6.45) is 5.63. The van der Waals surface area contributed by atoms with Crippen LogP contribution in [0.1, 0.15) is 36.2 Å². The van der Waals surface area contributed by atoms with E-state index in [0.717, 1.165) is 25.7 Å². The van der Waals surface area contributed by atoms with Gasteiger partial charge in [-0.25, -0.2) is 0 Å². The maximum atomic E-state index is 11.7. The second-order valence-corrected chi connectivity index (χ2v) is 4.07. The zero-order valence-electron chi connectivity index (χ0n) is 8.98. The zero-order chi connectivity index (χ0) is 10.7. The average molecular weight is 245 g/mol.